The summed E-state index contributed by atoms with van der Waals surface area (Å²) in [5.74, 6) is 1.000. The number of hydrogen-bond acceptors (Lipinski definition) is 7. The number of likely N-dealkylation sites (tertiary alicyclic amines) is 1. The number of aromatic amines is 1. The fourth-order valence-corrected chi connectivity index (χ4v) is 5.50. The lowest BCUT2D eigenvalue weighted by Gasteiger charge is -2.43. The van der Waals surface area contributed by atoms with Crippen LogP contribution in [-0.4, -0.2) is 52.8 Å². The molecule has 0 bridgehead atoms. The monoisotopic (exact) mass is 425 g/mol. The van der Waals surface area contributed by atoms with Crippen molar-refractivity contribution in [2.75, 3.05) is 32.5 Å². The van der Waals surface area contributed by atoms with E-state index in [2.05, 4.69) is 21.2 Å². The van der Waals surface area contributed by atoms with E-state index in [9.17, 15) is 4.79 Å². The van der Waals surface area contributed by atoms with Crippen LogP contribution < -0.4 is 10.5 Å². The lowest BCUT2D eigenvalue weighted by molar-refractivity contribution is -0.0926. The molecule has 0 aliphatic carbocycles. The van der Waals surface area contributed by atoms with E-state index in [1.54, 1.807) is 30.7 Å². The number of anilines is 1. The Kier molecular flexibility index (Phi) is 4.71. The minimum Gasteiger partial charge on any atom is -0.495 e. The van der Waals surface area contributed by atoms with Crippen molar-refractivity contribution < 1.29 is 14.3 Å². The van der Waals surface area contributed by atoms with Gasteiger partial charge in [0.05, 0.1) is 36.1 Å². The van der Waals surface area contributed by atoms with Crippen molar-refractivity contribution in [3.8, 4) is 16.3 Å². The molecule has 2 aliphatic heterocycles. The van der Waals surface area contributed by atoms with Gasteiger partial charge in [-0.2, -0.15) is 5.10 Å². The van der Waals surface area contributed by atoms with Gasteiger partial charge in [0.25, 0.3) is 5.91 Å². The normalized spacial score (nSPS) is 17.7. The third kappa shape index (κ3) is 3.23. The maximum atomic E-state index is 12.7. The number of ether oxygens (including phenoxy) is 2. The van der Waals surface area contributed by atoms with Gasteiger partial charge in [-0.05, 0) is 36.6 Å². The van der Waals surface area contributed by atoms with Crippen LogP contribution in [-0.2, 0) is 16.8 Å². The zero-order valence-corrected chi connectivity index (χ0v) is 17.5. The lowest BCUT2D eigenvalue weighted by Crippen LogP contribution is -2.48. The molecule has 8 nitrogen and oxygen atoms in total. The number of pyridine rings is 1. The fourth-order valence-electron chi connectivity index (χ4n) is 4.29. The van der Waals surface area contributed by atoms with E-state index >= 15 is 0 Å². The highest BCUT2D eigenvalue weighted by Crippen LogP contribution is 2.46. The molecule has 5 rings (SSSR count). The van der Waals surface area contributed by atoms with E-state index in [0.29, 0.717) is 31.2 Å². The second kappa shape index (κ2) is 7.41. The van der Waals surface area contributed by atoms with Crippen LogP contribution in [0.4, 0.5) is 5.82 Å². The van der Waals surface area contributed by atoms with Gasteiger partial charge in [0, 0.05) is 30.5 Å². The van der Waals surface area contributed by atoms with Crippen LogP contribution in [0.3, 0.4) is 0 Å². The van der Waals surface area contributed by atoms with Gasteiger partial charge < -0.3 is 20.1 Å². The molecular weight excluding hydrogens is 402 g/mol. The van der Waals surface area contributed by atoms with E-state index in [1.165, 1.54) is 10.4 Å². The number of methoxy groups -OCH3 is 1. The van der Waals surface area contributed by atoms with Crippen LogP contribution in [0.5, 0.6) is 5.75 Å². The fraction of sp³-hybridized carbons (Fsp3) is 0.381. The van der Waals surface area contributed by atoms with E-state index < -0.39 is 0 Å². The Labute approximate surface area is 178 Å². The lowest BCUT2D eigenvalue weighted by atomic mass is 9.82. The van der Waals surface area contributed by atoms with Gasteiger partial charge in [-0.3, -0.25) is 14.9 Å². The van der Waals surface area contributed by atoms with E-state index in [-0.39, 0.29) is 11.5 Å². The number of nitrogens with zero attached hydrogens (tertiary/aromatic N) is 3. The second-order valence-corrected chi connectivity index (χ2v) is 8.76. The Bertz CT molecular complexity index is 1070. The summed E-state index contributed by atoms with van der Waals surface area (Å²) >= 11 is 1.79. The zero-order valence-electron chi connectivity index (χ0n) is 16.7. The summed E-state index contributed by atoms with van der Waals surface area (Å²) < 4.78 is 11.6. The van der Waals surface area contributed by atoms with Crippen molar-refractivity contribution >= 4 is 23.1 Å². The van der Waals surface area contributed by atoms with Gasteiger partial charge in [-0.25, -0.2) is 0 Å². The number of fused-ring (bicyclic) bond motifs is 2. The van der Waals surface area contributed by atoms with Gasteiger partial charge in [-0.1, -0.05) is 0 Å². The van der Waals surface area contributed by atoms with Gasteiger partial charge in [0.15, 0.2) is 0 Å². The predicted molar refractivity (Wildman–Crippen MR) is 114 cm³/mol. The molecule has 0 radical (unpaired) electrons. The highest BCUT2D eigenvalue weighted by molar-refractivity contribution is 7.15. The molecule has 1 saturated heterocycles. The number of rotatable bonds is 3. The maximum absolute atomic E-state index is 12.7. The minimum atomic E-state index is -0.335. The number of hydrogen-bond donors (Lipinski definition) is 2. The molecule has 3 N–H and O–H groups in total. The number of nitrogens with one attached hydrogen (secondary N) is 1. The average molecular weight is 426 g/mol. The molecule has 9 heteroatoms. The Morgan fingerprint density at radius 1 is 1.33 bits per heavy atom. The van der Waals surface area contributed by atoms with Crippen molar-refractivity contribution in [2.24, 2.45) is 0 Å². The van der Waals surface area contributed by atoms with Crippen LogP contribution in [0.25, 0.3) is 10.6 Å². The van der Waals surface area contributed by atoms with Crippen molar-refractivity contribution in [2.45, 2.75) is 24.9 Å². The van der Waals surface area contributed by atoms with Crippen LogP contribution in [0.1, 0.15) is 33.8 Å². The highest BCUT2D eigenvalue weighted by atomic mass is 32.1. The molecular formula is C21H23N5O3S. The number of H-pyrrole nitrogens is 1. The Balaban J connectivity index is 1.37. The van der Waals surface area contributed by atoms with Crippen molar-refractivity contribution in [3.05, 3.63) is 46.6 Å². The predicted octanol–water partition coefficient (Wildman–Crippen LogP) is 2.83. The highest BCUT2D eigenvalue weighted by Gasteiger charge is 2.43. The zero-order chi connectivity index (χ0) is 20.7. The van der Waals surface area contributed by atoms with Crippen LogP contribution in [0.2, 0.25) is 0 Å². The van der Waals surface area contributed by atoms with Crippen molar-refractivity contribution in [1.82, 2.24) is 20.1 Å². The number of nitrogen functional groups attached to an aromatic ring is 1. The standard InChI is InChI=1S/C21H23N5O3S/c1-28-13-2-3-15(23-12-13)18-10-14-17(30-18)4-9-29-21(14)5-7-26(8-6-21)20(27)16-11-19(22)25-24-16/h2-3,10-12H,4-9H2,1H3,(H3,22,24,25). The summed E-state index contributed by atoms with van der Waals surface area (Å²) in [5.41, 5.74) is 7.92. The first-order valence-electron chi connectivity index (χ1n) is 9.96. The number of carbonyl (C=O) groups is 1. The molecule has 5 heterocycles. The largest absolute Gasteiger partial charge is 0.495 e. The van der Waals surface area contributed by atoms with Gasteiger partial charge in [0.2, 0.25) is 0 Å². The number of aromatic nitrogens is 3. The first kappa shape index (κ1) is 19.1. The molecule has 0 aromatic carbocycles. The molecule has 30 heavy (non-hydrogen) atoms. The summed E-state index contributed by atoms with van der Waals surface area (Å²) in [4.78, 5) is 21.6. The van der Waals surface area contributed by atoms with Gasteiger partial charge >= 0.3 is 0 Å². The minimum absolute atomic E-state index is 0.0708. The van der Waals surface area contributed by atoms with Crippen molar-refractivity contribution in [3.63, 3.8) is 0 Å². The van der Waals surface area contributed by atoms with E-state index in [0.717, 1.165) is 35.6 Å². The number of amides is 1. The van der Waals surface area contributed by atoms with E-state index in [1.807, 2.05) is 17.0 Å². The first-order valence-corrected chi connectivity index (χ1v) is 10.8. The smallest absolute Gasteiger partial charge is 0.271 e. The van der Waals surface area contributed by atoms with Crippen LogP contribution in [0.15, 0.2) is 30.5 Å². The molecule has 0 atom stereocenters. The summed E-state index contributed by atoms with van der Waals surface area (Å²) in [6.45, 7) is 1.96. The maximum Gasteiger partial charge on any atom is 0.271 e. The molecule has 2 aliphatic rings. The summed E-state index contributed by atoms with van der Waals surface area (Å²) in [7, 11) is 1.64. The topological polar surface area (TPSA) is 106 Å². The first-order chi connectivity index (χ1) is 14.6. The number of carbonyl (C=O) groups excluding carboxylic acids is 1. The molecule has 1 spiro atoms. The number of nitrogens with two attached hydrogens (primary N) is 1. The number of thiophene rings is 1. The summed E-state index contributed by atoms with van der Waals surface area (Å²) in [6, 6.07) is 7.72. The third-order valence-corrected chi connectivity index (χ3v) is 7.14. The summed E-state index contributed by atoms with van der Waals surface area (Å²) in [5, 5.41) is 6.56. The quantitative estimate of drug-likeness (QED) is 0.668. The molecule has 0 unspecified atom stereocenters. The second-order valence-electron chi connectivity index (χ2n) is 7.62. The van der Waals surface area contributed by atoms with Crippen LogP contribution in [0, 0.1) is 0 Å². The van der Waals surface area contributed by atoms with Crippen molar-refractivity contribution in [1.29, 1.82) is 0 Å². The molecule has 1 amide bonds. The molecule has 0 saturated carbocycles. The average Bonchev–Trinajstić information content (AvgIpc) is 3.41. The van der Waals surface area contributed by atoms with E-state index in [4.69, 9.17) is 15.2 Å². The molecule has 3 aromatic heterocycles. The third-order valence-electron chi connectivity index (χ3n) is 5.92. The molecule has 156 valence electrons. The Morgan fingerprint density at radius 3 is 2.83 bits per heavy atom. The van der Waals surface area contributed by atoms with Gasteiger partial charge in [0.1, 0.15) is 17.3 Å². The Hall–Kier alpha value is -2.91. The molecule has 3 aromatic rings. The SMILES string of the molecule is COc1ccc(-c2cc3c(s2)CCOC32CCN(C(=O)c3cc(N)n[nH]3)CC2)nc1. The Morgan fingerprint density at radius 2 is 2.17 bits per heavy atom. The molecule has 1 fully saturated rings. The van der Waals surface area contributed by atoms with Crippen LogP contribution >= 0.6 is 11.3 Å². The number of piperidine rings is 1. The summed E-state index contributed by atoms with van der Waals surface area (Å²) in [6.07, 6.45) is 4.18. The van der Waals surface area contributed by atoms with Gasteiger partial charge in [-0.15, -0.1) is 11.3 Å².